The van der Waals surface area contributed by atoms with Gasteiger partial charge in [0.25, 0.3) is 0 Å². The summed E-state index contributed by atoms with van der Waals surface area (Å²) in [6, 6.07) is 0. The number of rotatable bonds is 8. The molecule has 0 aromatic heterocycles. The summed E-state index contributed by atoms with van der Waals surface area (Å²) in [4.78, 5) is 0. The molecule has 0 aromatic rings. The summed E-state index contributed by atoms with van der Waals surface area (Å²) in [6.07, 6.45) is 1.06. The molecule has 6 nitrogen and oxygen atoms in total. The number of thioether (sulfide) groups is 1. The molecule has 2 atom stereocenters. The van der Waals surface area contributed by atoms with Gasteiger partial charge < -0.3 is 20.4 Å². The van der Waals surface area contributed by atoms with Crippen molar-refractivity contribution in [3.8, 4) is 0 Å². The Hall–Kier alpha value is 0.460. The van der Waals surface area contributed by atoms with Gasteiger partial charge in [0, 0.05) is 0 Å². The molecule has 1 saturated heterocycles. The normalized spacial score (nSPS) is 18.0. The maximum absolute atomic E-state index is 8.78. The highest BCUT2D eigenvalue weighted by Crippen LogP contribution is 2.14. The molecular formula is C10H22O6S2. The minimum Gasteiger partial charge on any atom is -0.394 e. The number of aliphatic hydroxyl groups is 4. The van der Waals surface area contributed by atoms with Crippen LogP contribution in [0.5, 0.6) is 0 Å². The zero-order valence-electron chi connectivity index (χ0n) is 10.2. The SMILES string of the molecule is C1CCSC1.OCC(O)COSOCC(O)CO. The van der Waals surface area contributed by atoms with Gasteiger partial charge in [-0.15, -0.1) is 0 Å². The summed E-state index contributed by atoms with van der Waals surface area (Å²) >= 11 is 2.67. The molecule has 0 bridgehead atoms. The van der Waals surface area contributed by atoms with Crippen molar-refractivity contribution in [2.75, 3.05) is 37.9 Å². The van der Waals surface area contributed by atoms with Crippen LogP contribution >= 0.6 is 24.1 Å². The molecule has 0 aliphatic carbocycles. The molecule has 0 aromatic carbocycles. The van der Waals surface area contributed by atoms with Crippen molar-refractivity contribution >= 4 is 24.1 Å². The van der Waals surface area contributed by atoms with E-state index in [9.17, 15) is 0 Å². The lowest BCUT2D eigenvalue weighted by Crippen LogP contribution is -2.19. The fraction of sp³-hybridized carbons (Fsp3) is 1.00. The van der Waals surface area contributed by atoms with Crippen LogP contribution in [0.4, 0.5) is 0 Å². The smallest absolute Gasteiger partial charge is 0.158 e. The van der Waals surface area contributed by atoms with Crippen molar-refractivity contribution in [3.63, 3.8) is 0 Å². The Balaban J connectivity index is 0.000000473. The van der Waals surface area contributed by atoms with E-state index in [1.54, 1.807) is 0 Å². The first-order valence-electron chi connectivity index (χ1n) is 5.77. The molecule has 8 heteroatoms. The molecule has 0 amide bonds. The van der Waals surface area contributed by atoms with Gasteiger partial charge in [-0.05, 0) is 24.3 Å². The van der Waals surface area contributed by atoms with E-state index in [4.69, 9.17) is 20.4 Å². The van der Waals surface area contributed by atoms with Crippen molar-refractivity contribution in [1.29, 1.82) is 0 Å². The lowest BCUT2D eigenvalue weighted by atomic mass is 10.4. The van der Waals surface area contributed by atoms with Gasteiger partial charge in [0.05, 0.1) is 26.4 Å². The topological polar surface area (TPSA) is 99.4 Å². The van der Waals surface area contributed by atoms with E-state index in [0.29, 0.717) is 12.3 Å². The Labute approximate surface area is 116 Å². The van der Waals surface area contributed by atoms with Gasteiger partial charge >= 0.3 is 0 Å². The van der Waals surface area contributed by atoms with Crippen molar-refractivity contribution in [3.05, 3.63) is 0 Å². The highest BCUT2D eigenvalue weighted by Gasteiger charge is 2.04. The quantitative estimate of drug-likeness (QED) is 0.361. The third kappa shape index (κ3) is 12.9. The Morgan fingerprint density at radius 2 is 1.39 bits per heavy atom. The van der Waals surface area contributed by atoms with Gasteiger partial charge in [-0.25, -0.2) is 0 Å². The highest BCUT2D eigenvalue weighted by molar-refractivity contribution is 7.99. The van der Waals surface area contributed by atoms with Crippen LogP contribution in [-0.2, 0) is 8.37 Å². The zero-order valence-corrected chi connectivity index (χ0v) is 11.9. The molecule has 110 valence electrons. The van der Waals surface area contributed by atoms with Crippen LogP contribution < -0.4 is 0 Å². The first-order chi connectivity index (χ1) is 8.70. The Morgan fingerprint density at radius 1 is 0.944 bits per heavy atom. The lowest BCUT2D eigenvalue weighted by Gasteiger charge is -2.08. The maximum Gasteiger partial charge on any atom is 0.158 e. The molecule has 18 heavy (non-hydrogen) atoms. The zero-order chi connectivity index (χ0) is 13.6. The van der Waals surface area contributed by atoms with Crippen LogP contribution in [0.1, 0.15) is 12.8 Å². The van der Waals surface area contributed by atoms with Crippen molar-refractivity contribution in [2.45, 2.75) is 25.0 Å². The van der Waals surface area contributed by atoms with Gasteiger partial charge in [-0.3, -0.25) is 8.37 Å². The standard InChI is InChI=1S/C6H14O6S.C4H8S/c7-1-5(9)3-11-13-12-4-6(10)2-8;1-2-4-5-3-1/h5-10H,1-4H2;1-4H2. The summed E-state index contributed by atoms with van der Waals surface area (Å²) in [5.41, 5.74) is 0. The molecule has 4 N–H and O–H groups in total. The first-order valence-corrected chi connectivity index (χ1v) is 7.59. The van der Waals surface area contributed by atoms with Gasteiger partial charge in [-0.2, -0.15) is 11.8 Å². The van der Waals surface area contributed by atoms with Gasteiger partial charge in [-0.1, -0.05) is 0 Å². The summed E-state index contributed by atoms with van der Waals surface area (Å²) in [5, 5.41) is 34.3. The predicted octanol–water partition coefficient (Wildman–Crippen LogP) is -0.197. The van der Waals surface area contributed by atoms with Gasteiger partial charge in [0.1, 0.15) is 12.2 Å². The average Bonchev–Trinajstić information content (AvgIpc) is 2.96. The fourth-order valence-corrected chi connectivity index (χ4v) is 2.38. The van der Waals surface area contributed by atoms with Crippen LogP contribution in [-0.4, -0.2) is 70.6 Å². The third-order valence-electron chi connectivity index (χ3n) is 1.87. The molecule has 0 radical (unpaired) electrons. The number of hydrogen-bond acceptors (Lipinski definition) is 8. The average molecular weight is 302 g/mol. The minimum atomic E-state index is -0.932. The predicted molar refractivity (Wildman–Crippen MR) is 72.2 cm³/mol. The molecule has 1 fully saturated rings. The molecular weight excluding hydrogens is 280 g/mol. The third-order valence-corrected chi connectivity index (χ3v) is 3.49. The molecule has 0 saturated carbocycles. The van der Waals surface area contributed by atoms with Crippen molar-refractivity contribution in [1.82, 2.24) is 0 Å². The van der Waals surface area contributed by atoms with Crippen LogP contribution in [0, 0.1) is 0 Å². The Morgan fingerprint density at radius 3 is 1.67 bits per heavy atom. The molecule has 2 unspecified atom stereocenters. The van der Waals surface area contributed by atoms with E-state index in [0.717, 1.165) is 0 Å². The van der Waals surface area contributed by atoms with E-state index in [2.05, 4.69) is 20.1 Å². The van der Waals surface area contributed by atoms with Crippen LogP contribution in [0.25, 0.3) is 0 Å². The van der Waals surface area contributed by atoms with Crippen LogP contribution in [0.15, 0.2) is 0 Å². The van der Waals surface area contributed by atoms with Gasteiger partial charge in [0.2, 0.25) is 0 Å². The largest absolute Gasteiger partial charge is 0.394 e. The van der Waals surface area contributed by atoms with E-state index < -0.39 is 12.2 Å². The van der Waals surface area contributed by atoms with Crippen LogP contribution in [0.3, 0.4) is 0 Å². The van der Waals surface area contributed by atoms with E-state index in [1.807, 2.05) is 0 Å². The first kappa shape index (κ1) is 18.5. The summed E-state index contributed by atoms with van der Waals surface area (Å²) < 4.78 is 9.35. The number of hydrogen-bond donors (Lipinski definition) is 4. The second-order valence-corrected chi connectivity index (χ2v) is 5.46. The van der Waals surface area contributed by atoms with Crippen LogP contribution in [0.2, 0.25) is 0 Å². The Kier molecular flexibility index (Phi) is 14.2. The van der Waals surface area contributed by atoms with Crippen molar-refractivity contribution < 1.29 is 28.8 Å². The highest BCUT2D eigenvalue weighted by atomic mass is 32.2. The molecule has 1 rings (SSSR count). The Bertz CT molecular complexity index is 151. The summed E-state index contributed by atoms with van der Waals surface area (Å²) in [5.74, 6) is 2.83. The monoisotopic (exact) mass is 302 g/mol. The lowest BCUT2D eigenvalue weighted by molar-refractivity contribution is 0.0445. The minimum absolute atomic E-state index is 0.0591. The van der Waals surface area contributed by atoms with E-state index >= 15 is 0 Å². The summed E-state index contributed by atoms with van der Waals surface area (Å²) in [6.45, 7) is -0.869. The molecule has 1 aliphatic heterocycles. The molecule has 0 spiro atoms. The van der Waals surface area contributed by atoms with E-state index in [1.165, 1.54) is 24.3 Å². The second-order valence-electron chi connectivity index (χ2n) is 3.63. The molecule has 1 aliphatic rings. The van der Waals surface area contributed by atoms with E-state index in [-0.39, 0.29) is 26.4 Å². The van der Waals surface area contributed by atoms with Gasteiger partial charge in [0.15, 0.2) is 12.3 Å². The second kappa shape index (κ2) is 13.9. The fourth-order valence-electron chi connectivity index (χ4n) is 0.862. The molecule has 1 heterocycles. The summed E-state index contributed by atoms with van der Waals surface area (Å²) in [7, 11) is 0. The maximum atomic E-state index is 8.78. The van der Waals surface area contributed by atoms with Crippen molar-refractivity contribution in [2.24, 2.45) is 0 Å². The number of aliphatic hydroxyl groups excluding tert-OH is 4.